The predicted octanol–water partition coefficient (Wildman–Crippen LogP) is 2.79. The molecule has 2 aromatic rings. The summed E-state index contributed by atoms with van der Waals surface area (Å²) < 4.78 is 12.8. The van der Waals surface area contributed by atoms with Crippen LogP contribution in [0.5, 0.6) is 11.5 Å². The molecule has 0 spiro atoms. The molecule has 26 heavy (non-hydrogen) atoms. The SMILES string of the molecule is Cc1ccn(CCN2CC(C)(Cc3ccc4c(c3)OCO4)CCC2=O)n1. The van der Waals surface area contributed by atoms with Crippen LogP contribution in [0.2, 0.25) is 0 Å². The van der Waals surface area contributed by atoms with E-state index >= 15 is 0 Å². The average molecular weight is 355 g/mol. The molecule has 3 heterocycles. The van der Waals surface area contributed by atoms with Crippen LogP contribution >= 0.6 is 0 Å². The van der Waals surface area contributed by atoms with Gasteiger partial charge in [-0.2, -0.15) is 5.10 Å². The molecule has 2 aliphatic rings. The Morgan fingerprint density at radius 3 is 2.85 bits per heavy atom. The van der Waals surface area contributed by atoms with Gasteiger partial charge in [-0.1, -0.05) is 13.0 Å². The molecule has 1 atom stereocenters. The van der Waals surface area contributed by atoms with Gasteiger partial charge < -0.3 is 14.4 Å². The van der Waals surface area contributed by atoms with Crippen LogP contribution in [-0.4, -0.2) is 40.5 Å². The molecule has 4 rings (SSSR count). The Kier molecular flexibility index (Phi) is 4.34. The fraction of sp³-hybridized carbons (Fsp3) is 0.500. The molecule has 1 unspecified atom stereocenters. The maximum atomic E-state index is 12.4. The number of benzene rings is 1. The second-order valence-electron chi connectivity index (χ2n) is 7.71. The summed E-state index contributed by atoms with van der Waals surface area (Å²) in [5.74, 6) is 1.88. The lowest BCUT2D eigenvalue weighted by molar-refractivity contribution is -0.137. The molecule has 1 saturated heterocycles. The lowest BCUT2D eigenvalue weighted by Crippen LogP contribution is -2.47. The van der Waals surface area contributed by atoms with Crippen molar-refractivity contribution in [3.05, 3.63) is 41.7 Å². The Balaban J connectivity index is 1.41. The minimum atomic E-state index is 0.0711. The number of aromatic nitrogens is 2. The highest BCUT2D eigenvalue weighted by Crippen LogP contribution is 2.37. The van der Waals surface area contributed by atoms with E-state index in [4.69, 9.17) is 9.47 Å². The number of likely N-dealkylation sites (tertiary alicyclic amines) is 1. The molecule has 0 N–H and O–H groups in total. The summed E-state index contributed by atoms with van der Waals surface area (Å²) in [4.78, 5) is 14.4. The normalized spacial score (nSPS) is 22.1. The van der Waals surface area contributed by atoms with Gasteiger partial charge in [0.05, 0.1) is 12.2 Å². The van der Waals surface area contributed by atoms with Gasteiger partial charge in [-0.15, -0.1) is 0 Å². The third kappa shape index (κ3) is 3.54. The zero-order chi connectivity index (χ0) is 18.1. The monoisotopic (exact) mass is 355 g/mol. The zero-order valence-corrected chi connectivity index (χ0v) is 15.4. The van der Waals surface area contributed by atoms with Gasteiger partial charge in [0.2, 0.25) is 12.7 Å². The molecular formula is C20H25N3O3. The summed E-state index contributed by atoms with van der Waals surface area (Å²) in [6, 6.07) is 8.14. The van der Waals surface area contributed by atoms with E-state index in [9.17, 15) is 4.79 Å². The van der Waals surface area contributed by atoms with E-state index in [-0.39, 0.29) is 11.3 Å². The van der Waals surface area contributed by atoms with Crippen LogP contribution in [0.3, 0.4) is 0 Å². The highest BCUT2D eigenvalue weighted by Gasteiger charge is 2.35. The number of amides is 1. The van der Waals surface area contributed by atoms with Crippen molar-refractivity contribution in [1.29, 1.82) is 0 Å². The smallest absolute Gasteiger partial charge is 0.231 e. The van der Waals surface area contributed by atoms with Crippen LogP contribution in [-0.2, 0) is 17.8 Å². The molecule has 1 aromatic heterocycles. The zero-order valence-electron chi connectivity index (χ0n) is 15.4. The molecule has 138 valence electrons. The summed E-state index contributed by atoms with van der Waals surface area (Å²) in [6.45, 7) is 6.77. The third-order valence-electron chi connectivity index (χ3n) is 5.31. The minimum Gasteiger partial charge on any atom is -0.454 e. The van der Waals surface area contributed by atoms with E-state index < -0.39 is 0 Å². The van der Waals surface area contributed by atoms with E-state index in [0.29, 0.717) is 19.8 Å². The van der Waals surface area contributed by atoms with Crippen molar-refractivity contribution in [2.45, 2.75) is 39.7 Å². The third-order valence-corrected chi connectivity index (χ3v) is 5.31. The van der Waals surface area contributed by atoms with Crippen molar-refractivity contribution in [3.63, 3.8) is 0 Å². The van der Waals surface area contributed by atoms with Crippen LogP contribution < -0.4 is 9.47 Å². The number of nitrogens with zero attached hydrogens (tertiary/aromatic N) is 3. The number of fused-ring (bicyclic) bond motifs is 1. The van der Waals surface area contributed by atoms with E-state index in [0.717, 1.165) is 43.1 Å². The molecule has 1 fully saturated rings. The molecular weight excluding hydrogens is 330 g/mol. The van der Waals surface area contributed by atoms with Crippen molar-refractivity contribution in [3.8, 4) is 11.5 Å². The van der Waals surface area contributed by atoms with E-state index in [1.807, 2.05) is 34.8 Å². The fourth-order valence-corrected chi connectivity index (χ4v) is 3.90. The highest BCUT2D eigenvalue weighted by atomic mass is 16.7. The molecule has 0 radical (unpaired) electrons. The number of aryl methyl sites for hydroxylation is 1. The van der Waals surface area contributed by atoms with Gasteiger partial charge in [-0.3, -0.25) is 9.48 Å². The number of carbonyl (C=O) groups is 1. The van der Waals surface area contributed by atoms with Crippen molar-refractivity contribution >= 4 is 5.91 Å². The molecule has 2 aliphatic heterocycles. The number of hydrogen-bond donors (Lipinski definition) is 0. The van der Waals surface area contributed by atoms with Crippen LogP contribution in [0.25, 0.3) is 0 Å². The first-order chi connectivity index (χ1) is 12.5. The quantitative estimate of drug-likeness (QED) is 0.828. The van der Waals surface area contributed by atoms with Gasteiger partial charge in [0, 0.05) is 25.7 Å². The second-order valence-corrected chi connectivity index (χ2v) is 7.71. The van der Waals surface area contributed by atoms with Crippen molar-refractivity contribution in [1.82, 2.24) is 14.7 Å². The Hall–Kier alpha value is -2.50. The number of piperidine rings is 1. The Morgan fingerprint density at radius 2 is 2.04 bits per heavy atom. The molecule has 0 bridgehead atoms. The first-order valence-electron chi connectivity index (χ1n) is 9.17. The van der Waals surface area contributed by atoms with Crippen molar-refractivity contribution in [2.75, 3.05) is 19.9 Å². The van der Waals surface area contributed by atoms with Crippen LogP contribution in [0.15, 0.2) is 30.5 Å². The van der Waals surface area contributed by atoms with Crippen molar-refractivity contribution < 1.29 is 14.3 Å². The predicted molar refractivity (Wildman–Crippen MR) is 97.2 cm³/mol. The summed E-state index contributed by atoms with van der Waals surface area (Å²) in [7, 11) is 0. The average Bonchev–Trinajstić information content (AvgIpc) is 3.24. The summed E-state index contributed by atoms with van der Waals surface area (Å²) in [5, 5.41) is 4.41. The van der Waals surface area contributed by atoms with Gasteiger partial charge in [-0.25, -0.2) is 0 Å². The first kappa shape index (κ1) is 16.9. The lowest BCUT2D eigenvalue weighted by Gasteiger charge is -2.40. The molecule has 6 heteroatoms. The minimum absolute atomic E-state index is 0.0711. The Labute approximate surface area is 153 Å². The summed E-state index contributed by atoms with van der Waals surface area (Å²) in [5.41, 5.74) is 2.30. The van der Waals surface area contributed by atoms with Crippen molar-refractivity contribution in [2.24, 2.45) is 5.41 Å². The second kappa shape index (κ2) is 6.67. The topological polar surface area (TPSA) is 56.6 Å². The summed E-state index contributed by atoms with van der Waals surface area (Å²) >= 11 is 0. The number of carbonyl (C=O) groups excluding carboxylic acids is 1. The molecule has 1 aromatic carbocycles. The number of hydrogen-bond acceptors (Lipinski definition) is 4. The van der Waals surface area contributed by atoms with E-state index in [2.05, 4.69) is 24.2 Å². The van der Waals surface area contributed by atoms with Gasteiger partial charge in [0.1, 0.15) is 0 Å². The van der Waals surface area contributed by atoms with Crippen LogP contribution in [0.1, 0.15) is 31.0 Å². The van der Waals surface area contributed by atoms with Gasteiger partial charge in [-0.05, 0) is 48.9 Å². The standard InChI is InChI=1S/C20H25N3O3/c1-15-6-8-23(21-15)10-9-22-13-20(2,7-5-19(22)24)12-16-3-4-17-18(11-16)26-14-25-17/h3-4,6,8,11H,5,7,9-10,12-14H2,1-2H3. The van der Waals surface area contributed by atoms with E-state index in [1.165, 1.54) is 5.56 Å². The molecule has 0 aliphatic carbocycles. The number of ether oxygens (including phenoxy) is 2. The van der Waals surface area contributed by atoms with Crippen LogP contribution in [0.4, 0.5) is 0 Å². The summed E-state index contributed by atoms with van der Waals surface area (Å²) in [6.07, 6.45) is 4.42. The largest absolute Gasteiger partial charge is 0.454 e. The first-order valence-corrected chi connectivity index (χ1v) is 9.17. The maximum absolute atomic E-state index is 12.4. The fourth-order valence-electron chi connectivity index (χ4n) is 3.90. The van der Waals surface area contributed by atoms with Crippen LogP contribution in [0, 0.1) is 12.3 Å². The lowest BCUT2D eigenvalue weighted by atomic mass is 9.76. The van der Waals surface area contributed by atoms with Gasteiger partial charge >= 0.3 is 0 Å². The van der Waals surface area contributed by atoms with Gasteiger partial charge in [0.25, 0.3) is 0 Å². The van der Waals surface area contributed by atoms with Gasteiger partial charge in [0.15, 0.2) is 11.5 Å². The molecule has 1 amide bonds. The maximum Gasteiger partial charge on any atom is 0.231 e. The Bertz CT molecular complexity index is 816. The number of rotatable bonds is 5. The molecule has 6 nitrogen and oxygen atoms in total. The van der Waals surface area contributed by atoms with E-state index in [1.54, 1.807) is 0 Å². The molecule has 0 saturated carbocycles. The Morgan fingerprint density at radius 1 is 1.19 bits per heavy atom. The highest BCUT2D eigenvalue weighted by molar-refractivity contribution is 5.77.